The molecule has 0 saturated heterocycles. The minimum absolute atomic E-state index is 0.845. The van der Waals surface area contributed by atoms with Crippen LogP contribution in [0.25, 0.3) is 0 Å². The Hall–Kier alpha value is -1.18. The third-order valence-electron chi connectivity index (χ3n) is 5.36. The fourth-order valence-electron chi connectivity index (χ4n) is 3.48. The van der Waals surface area contributed by atoms with Crippen molar-refractivity contribution in [1.82, 2.24) is 0 Å². The largest absolute Gasteiger partial charge is 0.493 e. The lowest BCUT2D eigenvalue weighted by molar-refractivity contribution is 0.303. The van der Waals surface area contributed by atoms with E-state index in [4.69, 9.17) is 4.74 Å². The van der Waals surface area contributed by atoms with Crippen molar-refractivity contribution in [2.45, 2.75) is 105 Å². The predicted molar refractivity (Wildman–Crippen MR) is 121 cm³/mol. The van der Waals surface area contributed by atoms with Gasteiger partial charge in [0.25, 0.3) is 0 Å². The van der Waals surface area contributed by atoms with Crippen molar-refractivity contribution in [1.29, 1.82) is 0 Å². The summed E-state index contributed by atoms with van der Waals surface area (Å²) in [5, 5.41) is 0. The molecule has 2 nitrogen and oxygen atoms in total. The van der Waals surface area contributed by atoms with Gasteiger partial charge in [-0.3, -0.25) is 0 Å². The highest BCUT2D eigenvalue weighted by atomic mass is 16.5. The van der Waals surface area contributed by atoms with Gasteiger partial charge >= 0.3 is 0 Å². The quantitative estimate of drug-likeness (QED) is 0.256. The van der Waals surface area contributed by atoms with Gasteiger partial charge < -0.3 is 9.64 Å². The molecular formula is C25H45NO. The monoisotopic (exact) mass is 375 g/mol. The molecule has 0 atom stereocenters. The molecule has 0 N–H and O–H groups in total. The minimum Gasteiger partial charge on any atom is -0.493 e. The van der Waals surface area contributed by atoms with Crippen LogP contribution in [0.2, 0.25) is 0 Å². The van der Waals surface area contributed by atoms with E-state index in [1.807, 2.05) is 0 Å². The van der Waals surface area contributed by atoms with E-state index in [2.05, 4.69) is 50.8 Å². The van der Waals surface area contributed by atoms with Crippen LogP contribution in [0.3, 0.4) is 0 Å². The van der Waals surface area contributed by atoms with Crippen LogP contribution in [0.1, 0.15) is 103 Å². The molecule has 0 aliphatic carbocycles. The highest BCUT2D eigenvalue weighted by Gasteiger charge is 2.09. The molecule has 0 unspecified atom stereocenters. The number of hydrogen-bond donors (Lipinski definition) is 0. The zero-order valence-corrected chi connectivity index (χ0v) is 18.7. The van der Waals surface area contributed by atoms with Gasteiger partial charge in [-0.1, -0.05) is 84.6 Å². The third-order valence-corrected chi connectivity index (χ3v) is 5.36. The Morgan fingerprint density at radius 1 is 0.704 bits per heavy atom. The average molecular weight is 376 g/mol. The molecule has 0 aliphatic heterocycles. The van der Waals surface area contributed by atoms with Crippen LogP contribution in [0.15, 0.2) is 18.2 Å². The van der Waals surface area contributed by atoms with Crippen molar-refractivity contribution < 1.29 is 4.74 Å². The Labute approximate surface area is 169 Å². The molecule has 0 bridgehead atoms. The second kappa shape index (κ2) is 15.8. The van der Waals surface area contributed by atoms with Crippen molar-refractivity contribution in [3.8, 4) is 5.75 Å². The zero-order valence-electron chi connectivity index (χ0n) is 18.7. The maximum Gasteiger partial charge on any atom is 0.124 e. The maximum absolute atomic E-state index is 6.13. The van der Waals surface area contributed by atoms with Gasteiger partial charge in [0.15, 0.2) is 0 Å². The van der Waals surface area contributed by atoms with Crippen LogP contribution in [-0.4, -0.2) is 19.7 Å². The van der Waals surface area contributed by atoms with Gasteiger partial charge in [0.2, 0.25) is 0 Å². The molecule has 1 aromatic carbocycles. The third kappa shape index (κ3) is 10.7. The number of hydrogen-bond acceptors (Lipinski definition) is 2. The molecule has 0 aliphatic rings. The molecule has 0 aromatic heterocycles. The topological polar surface area (TPSA) is 12.5 Å². The summed E-state index contributed by atoms with van der Waals surface area (Å²) in [6.07, 6.45) is 15.6. The first-order valence-electron chi connectivity index (χ1n) is 11.7. The van der Waals surface area contributed by atoms with Gasteiger partial charge in [0.1, 0.15) is 5.75 Å². The minimum atomic E-state index is 0.845. The van der Waals surface area contributed by atoms with Gasteiger partial charge in [-0.15, -0.1) is 0 Å². The van der Waals surface area contributed by atoms with E-state index in [-0.39, 0.29) is 0 Å². The molecule has 0 fully saturated rings. The molecule has 1 rings (SSSR count). The van der Waals surface area contributed by atoms with Gasteiger partial charge in [0, 0.05) is 24.8 Å². The first-order valence-corrected chi connectivity index (χ1v) is 11.7. The molecule has 2 heteroatoms. The van der Waals surface area contributed by atoms with Crippen LogP contribution in [-0.2, 0) is 0 Å². The van der Waals surface area contributed by atoms with E-state index in [0.717, 1.165) is 18.8 Å². The lowest BCUT2D eigenvalue weighted by Crippen LogP contribution is -2.25. The lowest BCUT2D eigenvalue weighted by atomic mass is 10.1. The number of anilines is 1. The van der Waals surface area contributed by atoms with Crippen molar-refractivity contribution >= 4 is 5.69 Å². The van der Waals surface area contributed by atoms with Crippen LogP contribution >= 0.6 is 0 Å². The summed E-state index contributed by atoms with van der Waals surface area (Å²) in [5.41, 5.74) is 2.60. The summed E-state index contributed by atoms with van der Waals surface area (Å²) >= 11 is 0. The summed E-state index contributed by atoms with van der Waals surface area (Å²) in [7, 11) is 0. The molecular weight excluding hydrogens is 330 g/mol. The van der Waals surface area contributed by atoms with Crippen LogP contribution in [0.4, 0.5) is 5.69 Å². The summed E-state index contributed by atoms with van der Waals surface area (Å²) in [6, 6.07) is 6.81. The van der Waals surface area contributed by atoms with E-state index >= 15 is 0 Å². The zero-order chi connectivity index (χ0) is 19.7. The van der Waals surface area contributed by atoms with E-state index in [0.29, 0.717) is 0 Å². The molecule has 0 spiro atoms. The first kappa shape index (κ1) is 23.9. The Bertz CT molecular complexity index is 459. The van der Waals surface area contributed by atoms with E-state index in [1.54, 1.807) is 0 Å². The highest BCUT2D eigenvalue weighted by Crippen LogP contribution is 2.26. The number of benzene rings is 1. The van der Waals surface area contributed by atoms with E-state index < -0.39 is 0 Å². The van der Waals surface area contributed by atoms with Gasteiger partial charge in [-0.05, 0) is 37.8 Å². The smallest absolute Gasteiger partial charge is 0.124 e. The normalized spacial score (nSPS) is 11.0. The molecule has 156 valence electrons. The summed E-state index contributed by atoms with van der Waals surface area (Å²) in [5.74, 6) is 1.08. The fraction of sp³-hybridized carbons (Fsp3) is 0.760. The lowest BCUT2D eigenvalue weighted by Gasteiger charge is -2.26. The van der Waals surface area contributed by atoms with Crippen molar-refractivity contribution in [2.75, 3.05) is 24.6 Å². The summed E-state index contributed by atoms with van der Waals surface area (Å²) in [4.78, 5) is 2.59. The first-order chi connectivity index (χ1) is 13.2. The molecule has 27 heavy (non-hydrogen) atoms. The van der Waals surface area contributed by atoms with Crippen LogP contribution < -0.4 is 9.64 Å². The second-order valence-electron chi connectivity index (χ2n) is 7.97. The summed E-state index contributed by atoms with van der Waals surface area (Å²) in [6.45, 7) is 12.2. The van der Waals surface area contributed by atoms with Crippen molar-refractivity contribution in [3.05, 3.63) is 23.8 Å². The molecule has 0 radical (unpaired) electrons. The van der Waals surface area contributed by atoms with E-state index in [9.17, 15) is 0 Å². The Morgan fingerprint density at radius 2 is 1.26 bits per heavy atom. The Morgan fingerprint density at radius 3 is 1.81 bits per heavy atom. The molecule has 0 amide bonds. The average Bonchev–Trinajstić information content (AvgIpc) is 2.68. The number of aryl methyl sites for hydroxylation is 1. The van der Waals surface area contributed by atoms with Gasteiger partial charge in [-0.25, -0.2) is 0 Å². The number of nitrogens with zero attached hydrogens (tertiary/aromatic N) is 1. The van der Waals surface area contributed by atoms with Crippen molar-refractivity contribution in [3.63, 3.8) is 0 Å². The van der Waals surface area contributed by atoms with Gasteiger partial charge in [0.05, 0.1) is 6.61 Å². The predicted octanol–water partition coefficient (Wildman–Crippen LogP) is 7.92. The standard InChI is InChI=1S/C25H45NO/c1-5-8-11-14-19-26(20-15-12-9-6-2)24-18-17-23(4)25(22-24)27-21-16-13-10-7-3/h17-18,22H,5-16,19-21H2,1-4H3. The SMILES string of the molecule is CCCCCCOc1cc(N(CCCCCC)CCCCCC)ccc1C. The highest BCUT2D eigenvalue weighted by molar-refractivity contribution is 5.53. The van der Waals surface area contributed by atoms with Crippen molar-refractivity contribution in [2.24, 2.45) is 0 Å². The number of unbranched alkanes of at least 4 members (excludes halogenated alkanes) is 9. The number of ether oxygens (including phenoxy) is 1. The van der Waals surface area contributed by atoms with Crippen LogP contribution in [0, 0.1) is 6.92 Å². The fourth-order valence-corrected chi connectivity index (χ4v) is 3.48. The maximum atomic E-state index is 6.13. The van der Waals surface area contributed by atoms with E-state index in [1.165, 1.54) is 95.0 Å². The van der Waals surface area contributed by atoms with Crippen LogP contribution in [0.5, 0.6) is 5.75 Å². The summed E-state index contributed by atoms with van der Waals surface area (Å²) < 4.78 is 6.13. The Kier molecular flexibility index (Phi) is 14.0. The Balaban J connectivity index is 2.66. The molecule has 0 saturated carbocycles. The molecule has 1 aromatic rings. The molecule has 0 heterocycles. The second-order valence-corrected chi connectivity index (χ2v) is 7.97. The van der Waals surface area contributed by atoms with Gasteiger partial charge in [-0.2, -0.15) is 0 Å². The number of rotatable bonds is 17.